The standard InChI is InChI=1S/C19H22N4O/c24-17-6-4-15(5-7-17)8-12-22-13-9-16(10-14-22)19-21-20-18-3-1-2-11-23(18)19/h1-7,11,16,24H,8-10,12-14H2. The number of phenolic OH excluding ortho intramolecular Hbond substituents is 1. The zero-order valence-electron chi connectivity index (χ0n) is 13.7. The molecule has 3 heterocycles. The van der Waals surface area contributed by atoms with Gasteiger partial charge in [0.15, 0.2) is 5.65 Å². The van der Waals surface area contributed by atoms with E-state index in [1.807, 2.05) is 30.3 Å². The molecular formula is C19H22N4O. The van der Waals surface area contributed by atoms with Crippen LogP contribution in [0.1, 0.15) is 30.1 Å². The molecule has 24 heavy (non-hydrogen) atoms. The Bertz CT molecular complexity index is 804. The van der Waals surface area contributed by atoms with Crippen molar-refractivity contribution < 1.29 is 5.11 Å². The van der Waals surface area contributed by atoms with E-state index in [0.29, 0.717) is 11.7 Å². The van der Waals surface area contributed by atoms with Crippen LogP contribution in [0.15, 0.2) is 48.7 Å². The van der Waals surface area contributed by atoms with Gasteiger partial charge in [0, 0.05) is 18.7 Å². The van der Waals surface area contributed by atoms with Gasteiger partial charge in [-0.25, -0.2) is 0 Å². The molecule has 0 amide bonds. The third-order valence-corrected chi connectivity index (χ3v) is 4.95. The van der Waals surface area contributed by atoms with Crippen LogP contribution in [0.3, 0.4) is 0 Å². The first-order valence-electron chi connectivity index (χ1n) is 8.59. The molecule has 124 valence electrons. The van der Waals surface area contributed by atoms with Gasteiger partial charge in [0.05, 0.1) is 0 Å². The molecule has 0 atom stereocenters. The molecule has 0 unspecified atom stereocenters. The molecule has 0 bridgehead atoms. The van der Waals surface area contributed by atoms with Crippen LogP contribution in [0, 0.1) is 0 Å². The maximum Gasteiger partial charge on any atom is 0.160 e. The summed E-state index contributed by atoms with van der Waals surface area (Å²) in [5, 5.41) is 18.0. The van der Waals surface area contributed by atoms with Crippen molar-refractivity contribution in [3.63, 3.8) is 0 Å². The van der Waals surface area contributed by atoms with Crippen molar-refractivity contribution in [3.8, 4) is 5.75 Å². The van der Waals surface area contributed by atoms with E-state index in [4.69, 9.17) is 0 Å². The van der Waals surface area contributed by atoms with Crippen LogP contribution in [-0.4, -0.2) is 44.2 Å². The predicted octanol–water partition coefficient (Wildman–Crippen LogP) is 2.86. The summed E-state index contributed by atoms with van der Waals surface area (Å²) in [4.78, 5) is 2.52. The van der Waals surface area contributed by atoms with E-state index in [1.165, 1.54) is 5.56 Å². The monoisotopic (exact) mass is 322 g/mol. The Morgan fingerprint density at radius 3 is 2.58 bits per heavy atom. The highest BCUT2D eigenvalue weighted by molar-refractivity contribution is 5.37. The molecule has 1 fully saturated rings. The Kier molecular flexibility index (Phi) is 4.17. The SMILES string of the molecule is Oc1ccc(CCN2CCC(c3nnc4ccccn34)CC2)cc1. The largest absolute Gasteiger partial charge is 0.508 e. The number of rotatable bonds is 4. The number of aromatic nitrogens is 3. The van der Waals surface area contributed by atoms with Crippen LogP contribution in [0.4, 0.5) is 0 Å². The molecule has 2 aromatic heterocycles. The molecule has 1 aromatic carbocycles. The highest BCUT2D eigenvalue weighted by atomic mass is 16.3. The minimum atomic E-state index is 0.333. The van der Waals surface area contributed by atoms with Gasteiger partial charge >= 0.3 is 0 Å². The summed E-state index contributed by atoms with van der Waals surface area (Å²) in [6.45, 7) is 3.27. The third-order valence-electron chi connectivity index (χ3n) is 4.95. The van der Waals surface area contributed by atoms with E-state index in [0.717, 1.165) is 50.4 Å². The molecule has 0 aliphatic carbocycles. The first-order valence-corrected chi connectivity index (χ1v) is 8.59. The molecule has 3 aromatic rings. The number of likely N-dealkylation sites (tertiary alicyclic amines) is 1. The second-order valence-electron chi connectivity index (χ2n) is 6.52. The van der Waals surface area contributed by atoms with Crippen LogP contribution >= 0.6 is 0 Å². The van der Waals surface area contributed by atoms with E-state index in [1.54, 1.807) is 12.1 Å². The predicted molar refractivity (Wildman–Crippen MR) is 93.2 cm³/mol. The minimum Gasteiger partial charge on any atom is -0.508 e. The quantitative estimate of drug-likeness (QED) is 0.802. The number of benzene rings is 1. The summed E-state index contributed by atoms with van der Waals surface area (Å²) in [7, 11) is 0. The lowest BCUT2D eigenvalue weighted by Gasteiger charge is -2.31. The zero-order valence-corrected chi connectivity index (χ0v) is 13.7. The summed E-state index contributed by atoms with van der Waals surface area (Å²) in [5.41, 5.74) is 2.21. The van der Waals surface area contributed by atoms with Crippen molar-refractivity contribution in [2.45, 2.75) is 25.2 Å². The molecule has 1 aliphatic rings. The van der Waals surface area contributed by atoms with E-state index >= 15 is 0 Å². The molecule has 0 radical (unpaired) electrons. The number of piperidine rings is 1. The molecular weight excluding hydrogens is 300 g/mol. The van der Waals surface area contributed by atoms with Crippen LogP contribution in [0.25, 0.3) is 5.65 Å². The maximum absolute atomic E-state index is 9.35. The Morgan fingerprint density at radius 2 is 1.79 bits per heavy atom. The van der Waals surface area contributed by atoms with E-state index in [9.17, 15) is 5.11 Å². The van der Waals surface area contributed by atoms with Crippen molar-refractivity contribution in [3.05, 3.63) is 60.0 Å². The lowest BCUT2D eigenvalue weighted by atomic mass is 9.95. The topological polar surface area (TPSA) is 53.7 Å². The molecule has 1 aliphatic heterocycles. The van der Waals surface area contributed by atoms with Crippen molar-refractivity contribution in [1.82, 2.24) is 19.5 Å². The van der Waals surface area contributed by atoms with Gasteiger partial charge in [-0.3, -0.25) is 4.40 Å². The van der Waals surface area contributed by atoms with Crippen LogP contribution in [0.5, 0.6) is 5.75 Å². The lowest BCUT2D eigenvalue weighted by Crippen LogP contribution is -2.34. The minimum absolute atomic E-state index is 0.333. The Hall–Kier alpha value is -2.40. The molecule has 0 spiro atoms. The average Bonchev–Trinajstić information content (AvgIpc) is 3.06. The number of pyridine rings is 1. The van der Waals surface area contributed by atoms with E-state index in [2.05, 4.69) is 25.7 Å². The van der Waals surface area contributed by atoms with E-state index in [-0.39, 0.29) is 0 Å². The summed E-state index contributed by atoms with van der Waals surface area (Å²) in [6.07, 6.45) is 5.34. The number of aromatic hydroxyl groups is 1. The van der Waals surface area contributed by atoms with Crippen molar-refractivity contribution in [1.29, 1.82) is 0 Å². The summed E-state index contributed by atoms with van der Waals surface area (Å²) in [6, 6.07) is 13.6. The summed E-state index contributed by atoms with van der Waals surface area (Å²) >= 11 is 0. The highest BCUT2D eigenvalue weighted by Crippen LogP contribution is 2.27. The lowest BCUT2D eigenvalue weighted by molar-refractivity contribution is 0.211. The van der Waals surface area contributed by atoms with Gasteiger partial charge in [-0.05, 0) is 62.2 Å². The fourth-order valence-corrected chi connectivity index (χ4v) is 3.50. The van der Waals surface area contributed by atoms with Gasteiger partial charge in [-0.1, -0.05) is 18.2 Å². The highest BCUT2D eigenvalue weighted by Gasteiger charge is 2.24. The van der Waals surface area contributed by atoms with Gasteiger partial charge in [-0.2, -0.15) is 0 Å². The average molecular weight is 322 g/mol. The molecule has 0 saturated carbocycles. The van der Waals surface area contributed by atoms with E-state index < -0.39 is 0 Å². The van der Waals surface area contributed by atoms with Crippen LogP contribution < -0.4 is 0 Å². The Labute approximate surface area is 141 Å². The summed E-state index contributed by atoms with van der Waals surface area (Å²) < 4.78 is 2.12. The zero-order chi connectivity index (χ0) is 16.4. The number of phenols is 1. The van der Waals surface area contributed by atoms with Gasteiger partial charge in [0.2, 0.25) is 0 Å². The Morgan fingerprint density at radius 1 is 1.00 bits per heavy atom. The first kappa shape index (κ1) is 15.1. The molecule has 5 heteroatoms. The van der Waals surface area contributed by atoms with Gasteiger partial charge in [0.1, 0.15) is 11.6 Å². The Balaban J connectivity index is 1.34. The van der Waals surface area contributed by atoms with Crippen LogP contribution in [0.2, 0.25) is 0 Å². The molecule has 1 saturated heterocycles. The van der Waals surface area contributed by atoms with Crippen molar-refractivity contribution >= 4 is 5.65 Å². The van der Waals surface area contributed by atoms with Gasteiger partial charge in [0.25, 0.3) is 0 Å². The second kappa shape index (κ2) is 6.61. The fraction of sp³-hybridized carbons (Fsp3) is 0.368. The maximum atomic E-state index is 9.35. The molecule has 4 rings (SSSR count). The molecule has 5 nitrogen and oxygen atoms in total. The third kappa shape index (κ3) is 3.12. The normalized spacial score (nSPS) is 16.7. The number of hydrogen-bond donors (Lipinski definition) is 1. The van der Waals surface area contributed by atoms with Crippen molar-refractivity contribution in [2.24, 2.45) is 0 Å². The van der Waals surface area contributed by atoms with Gasteiger partial charge < -0.3 is 10.0 Å². The van der Waals surface area contributed by atoms with Gasteiger partial charge in [-0.15, -0.1) is 10.2 Å². The number of fused-ring (bicyclic) bond motifs is 1. The summed E-state index contributed by atoms with van der Waals surface area (Å²) in [5.74, 6) is 1.93. The molecule has 1 N–H and O–H groups in total. The van der Waals surface area contributed by atoms with Crippen molar-refractivity contribution in [2.75, 3.05) is 19.6 Å². The van der Waals surface area contributed by atoms with Crippen LogP contribution in [-0.2, 0) is 6.42 Å². The fourth-order valence-electron chi connectivity index (χ4n) is 3.50. The first-order chi connectivity index (χ1) is 11.8. The number of nitrogens with zero attached hydrogens (tertiary/aromatic N) is 4. The second-order valence-corrected chi connectivity index (χ2v) is 6.52. The number of hydrogen-bond acceptors (Lipinski definition) is 4. The smallest absolute Gasteiger partial charge is 0.160 e.